The fraction of sp³-hybridized carbons (Fsp3) is 0.400. The van der Waals surface area contributed by atoms with Crippen LogP contribution in [-0.2, 0) is 39.1 Å². The largest absolute Gasteiger partial charge is 0.454 e. The SMILES string of the molecule is CC(=O)OC(c1nc2ccccc2c(=O)n1C1CC2(OC1=O)c1ccccc1N1C(=O)C(C)N(OC(C)=O)C12)C(C)C. The van der Waals surface area contributed by atoms with Gasteiger partial charge in [-0.25, -0.2) is 9.78 Å². The van der Waals surface area contributed by atoms with E-state index in [1.165, 1.54) is 28.4 Å². The van der Waals surface area contributed by atoms with Gasteiger partial charge in [-0.05, 0) is 31.0 Å². The summed E-state index contributed by atoms with van der Waals surface area (Å²) < 4.78 is 13.1. The van der Waals surface area contributed by atoms with Crippen molar-refractivity contribution >= 4 is 40.4 Å². The minimum absolute atomic E-state index is 0.0837. The van der Waals surface area contributed by atoms with Crippen LogP contribution in [0, 0.1) is 5.92 Å². The summed E-state index contributed by atoms with van der Waals surface area (Å²) in [5.74, 6) is -2.45. The van der Waals surface area contributed by atoms with Crippen LogP contribution in [0.4, 0.5) is 5.69 Å². The van der Waals surface area contributed by atoms with Gasteiger partial charge in [0, 0.05) is 25.8 Å². The molecule has 2 aromatic carbocycles. The van der Waals surface area contributed by atoms with Crippen LogP contribution in [-0.4, -0.2) is 50.6 Å². The lowest BCUT2D eigenvalue weighted by atomic mass is 9.88. The quantitative estimate of drug-likeness (QED) is 0.418. The highest BCUT2D eigenvalue weighted by Crippen LogP contribution is 2.57. The molecular weight excluding hydrogens is 544 g/mol. The maximum absolute atomic E-state index is 14.1. The van der Waals surface area contributed by atoms with Gasteiger partial charge in [0.15, 0.2) is 23.7 Å². The number of benzene rings is 2. The number of rotatable bonds is 5. The zero-order valence-electron chi connectivity index (χ0n) is 23.8. The average molecular weight is 575 g/mol. The predicted octanol–water partition coefficient (Wildman–Crippen LogP) is 2.90. The van der Waals surface area contributed by atoms with Gasteiger partial charge in [-0.15, -0.1) is 5.06 Å². The molecule has 5 atom stereocenters. The molecule has 1 aromatic heterocycles. The van der Waals surface area contributed by atoms with Crippen molar-refractivity contribution in [1.82, 2.24) is 14.6 Å². The van der Waals surface area contributed by atoms with Gasteiger partial charge in [-0.3, -0.25) is 28.6 Å². The zero-order valence-corrected chi connectivity index (χ0v) is 23.8. The first-order valence-corrected chi connectivity index (χ1v) is 13.8. The van der Waals surface area contributed by atoms with Gasteiger partial charge in [-0.1, -0.05) is 44.2 Å². The highest BCUT2D eigenvalue weighted by atomic mass is 16.7. The summed E-state index contributed by atoms with van der Waals surface area (Å²) in [6.45, 7) is 7.74. The molecular formula is C30H30N4O8. The summed E-state index contributed by atoms with van der Waals surface area (Å²) in [4.78, 5) is 77.5. The molecule has 2 saturated heterocycles. The molecule has 3 aliphatic heterocycles. The van der Waals surface area contributed by atoms with Gasteiger partial charge in [0.2, 0.25) is 5.91 Å². The second-order valence-electron chi connectivity index (χ2n) is 11.2. The smallest absolute Gasteiger partial charge is 0.330 e. The molecule has 218 valence electrons. The van der Waals surface area contributed by atoms with Gasteiger partial charge in [0.25, 0.3) is 5.56 Å². The topological polar surface area (TPSA) is 137 Å². The molecule has 1 spiro atoms. The van der Waals surface area contributed by atoms with Crippen molar-refractivity contribution in [2.75, 3.05) is 4.90 Å². The number of ether oxygens (including phenoxy) is 2. The normalized spacial score (nSPS) is 25.6. The van der Waals surface area contributed by atoms with E-state index in [0.717, 1.165) is 0 Å². The number of amides is 1. The maximum atomic E-state index is 14.1. The highest BCUT2D eigenvalue weighted by Gasteiger charge is 2.68. The van der Waals surface area contributed by atoms with Gasteiger partial charge >= 0.3 is 17.9 Å². The van der Waals surface area contributed by atoms with Crippen molar-refractivity contribution in [3.8, 4) is 0 Å². The van der Waals surface area contributed by atoms with Gasteiger partial charge in [0.05, 0.1) is 16.6 Å². The molecule has 12 heteroatoms. The molecule has 0 bridgehead atoms. The van der Waals surface area contributed by atoms with E-state index in [4.69, 9.17) is 19.3 Å². The number of fused-ring (bicyclic) bond motifs is 6. The summed E-state index contributed by atoms with van der Waals surface area (Å²) >= 11 is 0. The summed E-state index contributed by atoms with van der Waals surface area (Å²) in [5.41, 5.74) is -0.520. The number of anilines is 1. The first-order valence-electron chi connectivity index (χ1n) is 13.8. The number of aromatic nitrogens is 2. The third-order valence-corrected chi connectivity index (χ3v) is 8.08. The third kappa shape index (κ3) is 3.92. The van der Waals surface area contributed by atoms with E-state index in [1.54, 1.807) is 55.5 Å². The van der Waals surface area contributed by atoms with Crippen LogP contribution in [0.25, 0.3) is 10.9 Å². The fourth-order valence-electron chi connectivity index (χ4n) is 6.39. The molecule has 42 heavy (non-hydrogen) atoms. The van der Waals surface area contributed by atoms with Crippen LogP contribution in [0.3, 0.4) is 0 Å². The van der Waals surface area contributed by atoms with Crippen LogP contribution >= 0.6 is 0 Å². The summed E-state index contributed by atoms with van der Waals surface area (Å²) in [5, 5.41) is 1.54. The third-order valence-electron chi connectivity index (χ3n) is 8.08. The van der Waals surface area contributed by atoms with Gasteiger partial charge in [0.1, 0.15) is 12.1 Å². The Labute approximate surface area is 240 Å². The lowest BCUT2D eigenvalue weighted by molar-refractivity contribution is -0.221. The molecule has 0 aliphatic carbocycles. The molecule has 0 saturated carbocycles. The van der Waals surface area contributed by atoms with Crippen LogP contribution in [0.15, 0.2) is 53.3 Å². The molecule has 6 rings (SSSR count). The molecule has 3 aromatic rings. The zero-order chi connectivity index (χ0) is 30.1. The molecule has 4 heterocycles. The van der Waals surface area contributed by atoms with Crippen LogP contribution < -0.4 is 10.5 Å². The Kier molecular flexibility index (Phi) is 6.41. The Bertz CT molecular complexity index is 1720. The predicted molar refractivity (Wildman–Crippen MR) is 148 cm³/mol. The monoisotopic (exact) mass is 574 g/mol. The molecule has 3 aliphatic rings. The van der Waals surface area contributed by atoms with Crippen LogP contribution in [0.5, 0.6) is 0 Å². The molecule has 0 radical (unpaired) electrons. The fourth-order valence-corrected chi connectivity index (χ4v) is 6.39. The second kappa shape index (κ2) is 9.76. The van der Waals surface area contributed by atoms with Gasteiger partial charge < -0.3 is 14.3 Å². The Balaban J connectivity index is 1.56. The van der Waals surface area contributed by atoms with Crippen molar-refractivity contribution < 1.29 is 33.5 Å². The van der Waals surface area contributed by atoms with Crippen molar-refractivity contribution in [2.24, 2.45) is 5.92 Å². The van der Waals surface area contributed by atoms with Crippen LogP contribution in [0.1, 0.15) is 64.6 Å². The van der Waals surface area contributed by atoms with Crippen LogP contribution in [0.2, 0.25) is 0 Å². The number of hydroxylamine groups is 2. The number of carbonyl (C=O) groups excluding carboxylic acids is 4. The van der Waals surface area contributed by atoms with E-state index in [-0.39, 0.29) is 29.5 Å². The second-order valence-corrected chi connectivity index (χ2v) is 11.2. The maximum Gasteiger partial charge on any atom is 0.330 e. The van der Waals surface area contributed by atoms with Crippen molar-refractivity contribution in [2.45, 2.75) is 71.0 Å². The standard InChI is InChI=1S/C30H30N4O8/c1-15(2)24(40-17(4)35)25-31-21-12-8-6-10-19(21)27(38)32(25)23-14-30(41-28(23)39)20-11-7-9-13-22(20)33-26(37)16(3)34(29(30)33)42-18(5)36/h6-13,15-16,23-24,29H,14H2,1-5H3. The minimum atomic E-state index is -1.48. The molecule has 1 amide bonds. The van der Waals surface area contributed by atoms with E-state index >= 15 is 0 Å². The van der Waals surface area contributed by atoms with E-state index in [9.17, 15) is 24.0 Å². The van der Waals surface area contributed by atoms with Crippen molar-refractivity contribution in [3.05, 3.63) is 70.3 Å². The molecule has 12 nitrogen and oxygen atoms in total. The summed E-state index contributed by atoms with van der Waals surface area (Å²) in [6.07, 6.45) is -2.03. The van der Waals surface area contributed by atoms with Gasteiger partial charge in [-0.2, -0.15) is 0 Å². The lowest BCUT2D eigenvalue weighted by Gasteiger charge is -2.35. The molecule has 2 fully saturated rings. The summed E-state index contributed by atoms with van der Waals surface area (Å²) in [7, 11) is 0. The van der Waals surface area contributed by atoms with E-state index in [2.05, 4.69) is 0 Å². The summed E-state index contributed by atoms with van der Waals surface area (Å²) in [6, 6.07) is 11.7. The Morgan fingerprint density at radius 3 is 2.40 bits per heavy atom. The first-order chi connectivity index (χ1) is 20.0. The Morgan fingerprint density at radius 1 is 1.02 bits per heavy atom. The Hall–Kier alpha value is -4.58. The Morgan fingerprint density at radius 2 is 1.71 bits per heavy atom. The number of para-hydroxylation sites is 2. The van der Waals surface area contributed by atoms with E-state index in [0.29, 0.717) is 16.8 Å². The number of hydrogen-bond acceptors (Lipinski definition) is 10. The average Bonchev–Trinajstić information content (AvgIpc) is 3.51. The van der Waals surface area contributed by atoms with Crippen molar-refractivity contribution in [1.29, 1.82) is 0 Å². The van der Waals surface area contributed by atoms with Crippen molar-refractivity contribution in [3.63, 3.8) is 0 Å². The lowest BCUT2D eigenvalue weighted by Crippen LogP contribution is -2.51. The number of esters is 2. The first kappa shape index (κ1) is 27.6. The molecule has 5 unspecified atom stereocenters. The highest BCUT2D eigenvalue weighted by molar-refractivity contribution is 6.03. The number of nitrogens with zero attached hydrogens (tertiary/aromatic N) is 4. The number of hydrogen-bond donors (Lipinski definition) is 0. The minimum Gasteiger partial charge on any atom is -0.454 e. The number of carbonyl (C=O) groups is 4. The molecule has 0 N–H and O–H groups in total. The van der Waals surface area contributed by atoms with E-state index < -0.39 is 53.4 Å². The van der Waals surface area contributed by atoms with E-state index in [1.807, 2.05) is 13.8 Å².